The van der Waals surface area contributed by atoms with Gasteiger partial charge in [-0.3, -0.25) is 4.79 Å². The van der Waals surface area contributed by atoms with E-state index in [2.05, 4.69) is 10.1 Å². The molecular weight excluding hydrogens is 366 g/mol. The van der Waals surface area contributed by atoms with Gasteiger partial charge in [0.25, 0.3) is 5.91 Å². The van der Waals surface area contributed by atoms with Gasteiger partial charge in [0.2, 0.25) is 11.7 Å². The third-order valence-corrected chi connectivity index (χ3v) is 4.76. The number of aromatic nitrogens is 2. The molecule has 1 aromatic heterocycles. The van der Waals surface area contributed by atoms with Gasteiger partial charge >= 0.3 is 0 Å². The maximum atomic E-state index is 13.0. The van der Waals surface area contributed by atoms with Crippen LogP contribution >= 0.6 is 0 Å². The number of carbonyl (C=O) groups is 1. The van der Waals surface area contributed by atoms with Crippen LogP contribution in [0.5, 0.6) is 5.75 Å². The molecule has 3 aromatic carbocycles. The molecule has 4 aromatic rings. The van der Waals surface area contributed by atoms with E-state index in [1.165, 1.54) is 0 Å². The van der Waals surface area contributed by atoms with Crippen LogP contribution < -0.4 is 4.74 Å². The largest absolute Gasteiger partial charge is 0.496 e. The molecule has 6 nitrogen and oxygen atoms in total. The minimum absolute atomic E-state index is 0.178. The van der Waals surface area contributed by atoms with Gasteiger partial charge in [-0.1, -0.05) is 53.2 Å². The molecule has 0 fully saturated rings. The van der Waals surface area contributed by atoms with Crippen molar-refractivity contribution in [2.24, 2.45) is 0 Å². The van der Waals surface area contributed by atoms with Crippen LogP contribution in [0.1, 0.15) is 21.8 Å². The molecule has 1 heterocycles. The molecule has 0 aliphatic heterocycles. The topological polar surface area (TPSA) is 68.5 Å². The molecule has 0 saturated carbocycles. The molecule has 0 N–H and O–H groups in total. The fourth-order valence-corrected chi connectivity index (χ4v) is 3.26. The molecule has 4 rings (SSSR count). The lowest BCUT2D eigenvalue weighted by Crippen LogP contribution is -2.26. The SMILES string of the molecule is COc1cc2ccccc2cc1C(=O)N(C)Cc1nc(-c2cccc(C)c2)no1. The van der Waals surface area contributed by atoms with Crippen LogP contribution in [0, 0.1) is 6.92 Å². The van der Waals surface area contributed by atoms with Crippen LogP contribution in [-0.4, -0.2) is 35.1 Å². The quantitative estimate of drug-likeness (QED) is 0.505. The van der Waals surface area contributed by atoms with E-state index in [0.29, 0.717) is 23.0 Å². The van der Waals surface area contributed by atoms with E-state index in [4.69, 9.17) is 9.26 Å². The van der Waals surface area contributed by atoms with E-state index in [1.807, 2.05) is 67.6 Å². The Labute approximate surface area is 168 Å². The molecule has 146 valence electrons. The molecule has 0 spiro atoms. The Morgan fingerprint density at radius 3 is 2.55 bits per heavy atom. The third-order valence-electron chi connectivity index (χ3n) is 4.76. The van der Waals surface area contributed by atoms with E-state index >= 15 is 0 Å². The van der Waals surface area contributed by atoms with E-state index in [1.54, 1.807) is 19.1 Å². The second kappa shape index (κ2) is 7.75. The Balaban J connectivity index is 1.57. The Kier molecular flexibility index (Phi) is 4.99. The fourth-order valence-electron chi connectivity index (χ4n) is 3.26. The number of rotatable bonds is 5. The van der Waals surface area contributed by atoms with Gasteiger partial charge in [0.05, 0.1) is 12.7 Å². The maximum absolute atomic E-state index is 13.0. The van der Waals surface area contributed by atoms with Crippen molar-refractivity contribution in [3.63, 3.8) is 0 Å². The second-order valence-electron chi connectivity index (χ2n) is 6.94. The summed E-state index contributed by atoms with van der Waals surface area (Å²) in [6.45, 7) is 2.21. The van der Waals surface area contributed by atoms with Gasteiger partial charge in [-0.2, -0.15) is 4.98 Å². The van der Waals surface area contributed by atoms with Crippen molar-refractivity contribution in [2.75, 3.05) is 14.2 Å². The molecule has 0 atom stereocenters. The van der Waals surface area contributed by atoms with Crippen molar-refractivity contribution in [3.8, 4) is 17.1 Å². The normalized spacial score (nSPS) is 10.9. The Bertz CT molecular complexity index is 1180. The summed E-state index contributed by atoms with van der Waals surface area (Å²) in [6.07, 6.45) is 0. The van der Waals surface area contributed by atoms with Crippen molar-refractivity contribution in [2.45, 2.75) is 13.5 Å². The van der Waals surface area contributed by atoms with Crippen molar-refractivity contribution < 1.29 is 14.1 Å². The maximum Gasteiger partial charge on any atom is 0.257 e. The summed E-state index contributed by atoms with van der Waals surface area (Å²) in [6, 6.07) is 19.4. The highest BCUT2D eigenvalue weighted by molar-refractivity contribution is 6.01. The zero-order valence-corrected chi connectivity index (χ0v) is 16.5. The number of amides is 1. The highest BCUT2D eigenvalue weighted by Crippen LogP contribution is 2.27. The summed E-state index contributed by atoms with van der Waals surface area (Å²) in [5.41, 5.74) is 2.49. The number of benzene rings is 3. The van der Waals surface area contributed by atoms with Crippen LogP contribution in [0.3, 0.4) is 0 Å². The zero-order chi connectivity index (χ0) is 20.4. The van der Waals surface area contributed by atoms with Gasteiger partial charge in [-0.25, -0.2) is 0 Å². The van der Waals surface area contributed by atoms with Crippen LogP contribution in [0.4, 0.5) is 0 Å². The van der Waals surface area contributed by atoms with Gasteiger partial charge in [-0.05, 0) is 35.9 Å². The molecule has 0 saturated heterocycles. The Morgan fingerprint density at radius 1 is 1.07 bits per heavy atom. The number of carbonyl (C=O) groups excluding carboxylic acids is 1. The van der Waals surface area contributed by atoms with Crippen LogP contribution in [-0.2, 0) is 6.54 Å². The Hall–Kier alpha value is -3.67. The Morgan fingerprint density at radius 2 is 1.83 bits per heavy atom. The number of aryl methyl sites for hydroxylation is 1. The molecule has 29 heavy (non-hydrogen) atoms. The van der Waals surface area contributed by atoms with Gasteiger partial charge < -0.3 is 14.2 Å². The van der Waals surface area contributed by atoms with E-state index < -0.39 is 0 Å². The van der Waals surface area contributed by atoms with Crippen LogP contribution in [0.25, 0.3) is 22.2 Å². The minimum atomic E-state index is -0.178. The number of methoxy groups -OCH3 is 1. The lowest BCUT2D eigenvalue weighted by molar-refractivity contribution is 0.0766. The van der Waals surface area contributed by atoms with Crippen molar-refractivity contribution in [1.82, 2.24) is 15.0 Å². The van der Waals surface area contributed by atoms with Crippen molar-refractivity contribution in [3.05, 3.63) is 77.7 Å². The van der Waals surface area contributed by atoms with Crippen LogP contribution in [0.15, 0.2) is 65.2 Å². The second-order valence-corrected chi connectivity index (χ2v) is 6.94. The summed E-state index contributed by atoms with van der Waals surface area (Å²) in [7, 11) is 3.26. The predicted molar refractivity (Wildman–Crippen MR) is 111 cm³/mol. The van der Waals surface area contributed by atoms with Gasteiger partial charge in [-0.15, -0.1) is 0 Å². The first-order chi connectivity index (χ1) is 14.0. The number of hydrogen-bond donors (Lipinski definition) is 0. The molecule has 0 radical (unpaired) electrons. The standard InChI is InChI=1S/C23H21N3O3/c1-15-7-6-10-18(11-15)22-24-21(29-25-22)14-26(2)23(27)19-12-16-8-4-5-9-17(16)13-20(19)28-3/h4-13H,14H2,1-3H3. The lowest BCUT2D eigenvalue weighted by atomic mass is 10.0. The zero-order valence-electron chi connectivity index (χ0n) is 16.5. The summed E-state index contributed by atoms with van der Waals surface area (Å²) < 4.78 is 10.8. The van der Waals surface area contributed by atoms with E-state index in [-0.39, 0.29) is 12.5 Å². The average Bonchev–Trinajstić information content (AvgIpc) is 3.20. The van der Waals surface area contributed by atoms with Crippen molar-refractivity contribution >= 4 is 16.7 Å². The predicted octanol–water partition coefficient (Wildman–Crippen LogP) is 4.48. The first-order valence-corrected chi connectivity index (χ1v) is 9.27. The molecule has 0 bridgehead atoms. The number of nitrogens with zero attached hydrogens (tertiary/aromatic N) is 3. The molecule has 1 amide bonds. The molecule has 0 unspecified atom stereocenters. The van der Waals surface area contributed by atoms with E-state index in [0.717, 1.165) is 21.9 Å². The van der Waals surface area contributed by atoms with Gasteiger partial charge in [0.15, 0.2) is 0 Å². The third kappa shape index (κ3) is 3.82. The highest BCUT2D eigenvalue weighted by Gasteiger charge is 2.20. The molecule has 6 heteroatoms. The average molecular weight is 387 g/mol. The fraction of sp³-hybridized carbons (Fsp3) is 0.174. The number of fused-ring (bicyclic) bond motifs is 1. The summed E-state index contributed by atoms with van der Waals surface area (Å²) in [5.74, 6) is 1.24. The summed E-state index contributed by atoms with van der Waals surface area (Å²) in [4.78, 5) is 19.0. The molecule has 0 aliphatic carbocycles. The highest BCUT2D eigenvalue weighted by atomic mass is 16.5. The lowest BCUT2D eigenvalue weighted by Gasteiger charge is -2.17. The first-order valence-electron chi connectivity index (χ1n) is 9.27. The molecular formula is C23H21N3O3. The summed E-state index contributed by atoms with van der Waals surface area (Å²) >= 11 is 0. The molecule has 0 aliphatic rings. The monoisotopic (exact) mass is 387 g/mol. The number of ether oxygens (including phenoxy) is 1. The van der Waals surface area contributed by atoms with Crippen LogP contribution in [0.2, 0.25) is 0 Å². The van der Waals surface area contributed by atoms with Crippen molar-refractivity contribution in [1.29, 1.82) is 0 Å². The minimum Gasteiger partial charge on any atom is -0.496 e. The van der Waals surface area contributed by atoms with Gasteiger partial charge in [0, 0.05) is 12.6 Å². The first kappa shape index (κ1) is 18.7. The smallest absolute Gasteiger partial charge is 0.257 e. The summed E-state index contributed by atoms with van der Waals surface area (Å²) in [5, 5.41) is 6.03. The number of hydrogen-bond acceptors (Lipinski definition) is 5. The van der Waals surface area contributed by atoms with Gasteiger partial charge in [0.1, 0.15) is 12.3 Å². The van der Waals surface area contributed by atoms with E-state index in [9.17, 15) is 4.79 Å².